The van der Waals surface area contributed by atoms with Crippen LogP contribution in [0.1, 0.15) is 145 Å². The number of carboxylic acid groups (broad SMARTS) is 1. The minimum atomic E-state index is -0.625. The fourth-order valence-electron chi connectivity index (χ4n) is 14.3. The van der Waals surface area contributed by atoms with Crippen LogP contribution in [-0.2, 0) is 4.79 Å². The molecule has 0 heterocycles. The summed E-state index contributed by atoms with van der Waals surface area (Å²) < 4.78 is 0. The third kappa shape index (κ3) is 4.94. The first-order valence-corrected chi connectivity index (χ1v) is 18.0. The molecule has 0 radical (unpaired) electrons. The molecule has 0 spiro atoms. The SMILES string of the molecule is CC12CC3CC(CC(C3)C1)C2.CC1CCC2(C)C(C1)CC(C)C1C2CC(C)C2(C)C(C(C)CCC(=O)O)CCC12. The van der Waals surface area contributed by atoms with Crippen molar-refractivity contribution in [1.82, 2.24) is 0 Å². The van der Waals surface area contributed by atoms with E-state index < -0.39 is 5.97 Å². The van der Waals surface area contributed by atoms with E-state index in [1.165, 1.54) is 44.9 Å². The van der Waals surface area contributed by atoms with Gasteiger partial charge in [0.25, 0.3) is 0 Å². The molecule has 0 saturated heterocycles. The average Bonchev–Trinajstić information content (AvgIpc) is 3.22. The van der Waals surface area contributed by atoms with Crippen LogP contribution < -0.4 is 0 Å². The van der Waals surface area contributed by atoms with Gasteiger partial charge in [0.15, 0.2) is 0 Å². The maximum absolute atomic E-state index is 11.2. The molecule has 8 aliphatic rings. The highest BCUT2D eigenvalue weighted by Gasteiger charge is 2.64. The highest BCUT2D eigenvalue weighted by atomic mass is 16.4. The zero-order valence-corrected chi connectivity index (χ0v) is 27.4. The molecule has 228 valence electrons. The number of aliphatic carboxylic acids is 1. The van der Waals surface area contributed by atoms with Crippen molar-refractivity contribution < 1.29 is 9.90 Å². The Bertz CT molecular complexity index is 902. The van der Waals surface area contributed by atoms with Gasteiger partial charge in [0.05, 0.1) is 0 Å². The van der Waals surface area contributed by atoms with Gasteiger partial charge in [-0.1, -0.05) is 54.9 Å². The lowest BCUT2D eigenvalue weighted by atomic mass is 9.40. The highest BCUT2D eigenvalue weighted by molar-refractivity contribution is 5.66. The van der Waals surface area contributed by atoms with Crippen LogP contribution in [0.2, 0.25) is 0 Å². The molecule has 0 aromatic rings. The Kier molecular flexibility index (Phi) is 7.81. The molecule has 40 heavy (non-hydrogen) atoms. The van der Waals surface area contributed by atoms with Gasteiger partial charge in [0.2, 0.25) is 0 Å². The fraction of sp³-hybridized carbons (Fsp3) is 0.974. The smallest absolute Gasteiger partial charge is 0.303 e. The van der Waals surface area contributed by atoms with Crippen molar-refractivity contribution in [2.45, 2.75) is 145 Å². The average molecular weight is 553 g/mol. The van der Waals surface area contributed by atoms with Gasteiger partial charge in [0, 0.05) is 6.42 Å². The molecule has 0 aliphatic heterocycles. The quantitative estimate of drug-likeness (QED) is 0.376. The third-order valence-corrected chi connectivity index (χ3v) is 15.8. The van der Waals surface area contributed by atoms with Gasteiger partial charge in [-0.05, 0) is 171 Å². The van der Waals surface area contributed by atoms with E-state index in [1.807, 2.05) is 0 Å². The van der Waals surface area contributed by atoms with Crippen molar-refractivity contribution in [1.29, 1.82) is 0 Å². The van der Waals surface area contributed by atoms with Crippen molar-refractivity contribution in [3.8, 4) is 0 Å². The Morgan fingerprint density at radius 2 is 1.45 bits per heavy atom. The molecule has 0 aromatic heterocycles. The Morgan fingerprint density at radius 1 is 0.825 bits per heavy atom. The Labute approximate surface area is 247 Å². The summed E-state index contributed by atoms with van der Waals surface area (Å²) in [6.07, 6.45) is 20.7. The van der Waals surface area contributed by atoms with E-state index in [1.54, 1.807) is 38.5 Å². The largest absolute Gasteiger partial charge is 0.481 e. The number of fused-ring (bicyclic) bond motifs is 5. The topological polar surface area (TPSA) is 37.3 Å². The maximum atomic E-state index is 11.2. The zero-order valence-electron chi connectivity index (χ0n) is 27.4. The summed E-state index contributed by atoms with van der Waals surface area (Å²) >= 11 is 0. The summed E-state index contributed by atoms with van der Waals surface area (Å²) in [7, 11) is 0. The first kappa shape index (κ1) is 29.5. The van der Waals surface area contributed by atoms with Crippen molar-refractivity contribution in [2.24, 2.45) is 87.3 Å². The van der Waals surface area contributed by atoms with Crippen molar-refractivity contribution in [3.63, 3.8) is 0 Å². The third-order valence-electron chi connectivity index (χ3n) is 15.8. The number of carbonyl (C=O) groups is 1. The molecule has 2 nitrogen and oxygen atoms in total. The molecule has 0 amide bonds. The zero-order chi connectivity index (χ0) is 28.6. The normalized spacial score (nSPS) is 54.9. The van der Waals surface area contributed by atoms with Gasteiger partial charge in [-0.25, -0.2) is 0 Å². The summed E-state index contributed by atoms with van der Waals surface area (Å²) in [6, 6.07) is 0. The lowest BCUT2D eigenvalue weighted by molar-refractivity contribution is -0.163. The van der Waals surface area contributed by atoms with Crippen molar-refractivity contribution in [2.75, 3.05) is 0 Å². The molecule has 0 aromatic carbocycles. The number of rotatable bonds is 4. The van der Waals surface area contributed by atoms with Gasteiger partial charge in [0.1, 0.15) is 0 Å². The van der Waals surface area contributed by atoms with Crippen LogP contribution in [0, 0.1) is 87.3 Å². The Hall–Kier alpha value is -0.530. The van der Waals surface area contributed by atoms with Gasteiger partial charge in [-0.15, -0.1) is 0 Å². The summed E-state index contributed by atoms with van der Waals surface area (Å²) in [5.41, 5.74) is 1.79. The molecule has 2 heteroatoms. The van der Waals surface area contributed by atoms with E-state index >= 15 is 0 Å². The Balaban J connectivity index is 0.000000216. The molecule has 11 unspecified atom stereocenters. The monoisotopic (exact) mass is 552 g/mol. The number of hydrogen-bond donors (Lipinski definition) is 1. The first-order valence-electron chi connectivity index (χ1n) is 18.0. The predicted molar refractivity (Wildman–Crippen MR) is 166 cm³/mol. The summed E-state index contributed by atoms with van der Waals surface area (Å²) in [6.45, 7) is 17.8. The molecule has 8 rings (SSSR count). The second-order valence-corrected chi connectivity index (χ2v) is 18.4. The van der Waals surface area contributed by atoms with E-state index in [-0.39, 0.29) is 0 Å². The summed E-state index contributed by atoms with van der Waals surface area (Å²) in [5.74, 6) is 10.3. The van der Waals surface area contributed by atoms with Gasteiger partial charge >= 0.3 is 5.97 Å². The van der Waals surface area contributed by atoms with Gasteiger partial charge in [-0.3, -0.25) is 4.79 Å². The van der Waals surface area contributed by atoms with Gasteiger partial charge in [-0.2, -0.15) is 0 Å². The van der Waals surface area contributed by atoms with Crippen molar-refractivity contribution in [3.05, 3.63) is 0 Å². The molecule has 1 N–H and O–H groups in total. The van der Waals surface area contributed by atoms with Crippen LogP contribution in [0.4, 0.5) is 0 Å². The molecule has 4 bridgehead atoms. The minimum absolute atomic E-state index is 0.340. The predicted octanol–water partition coefficient (Wildman–Crippen LogP) is 10.5. The van der Waals surface area contributed by atoms with Crippen LogP contribution in [0.25, 0.3) is 0 Å². The molecule has 11 atom stereocenters. The van der Waals surface area contributed by atoms with E-state index in [2.05, 4.69) is 48.5 Å². The minimum Gasteiger partial charge on any atom is -0.481 e. The van der Waals surface area contributed by atoms with E-state index in [0.717, 1.165) is 71.0 Å². The van der Waals surface area contributed by atoms with Crippen LogP contribution in [0.3, 0.4) is 0 Å². The van der Waals surface area contributed by atoms with Crippen LogP contribution >= 0.6 is 0 Å². The van der Waals surface area contributed by atoms with E-state index in [0.29, 0.717) is 29.1 Å². The van der Waals surface area contributed by atoms with E-state index in [9.17, 15) is 9.90 Å². The highest BCUT2D eigenvalue weighted by Crippen LogP contribution is 2.71. The second kappa shape index (κ2) is 10.6. The van der Waals surface area contributed by atoms with E-state index in [4.69, 9.17) is 0 Å². The standard InChI is InChI=1S/C27H46O2.C11H18/c1-16-11-12-26(5)20(13-16)14-18(3)25-22-9-8-21(17(2)7-10-24(28)29)27(22,6)19(4)15-23(25)26;1-11-5-8-2-9(6-11)4-10(3-8)7-11/h16-23,25H,7-15H2,1-6H3,(H,28,29);8-10H,2-7H2,1H3. The second-order valence-electron chi connectivity index (χ2n) is 18.4. The summed E-state index contributed by atoms with van der Waals surface area (Å²) in [5, 5.41) is 9.20. The number of hydrogen-bond acceptors (Lipinski definition) is 1. The molecule has 8 aliphatic carbocycles. The fourth-order valence-corrected chi connectivity index (χ4v) is 14.3. The van der Waals surface area contributed by atoms with Crippen LogP contribution in [0.15, 0.2) is 0 Å². The van der Waals surface area contributed by atoms with Crippen LogP contribution in [-0.4, -0.2) is 11.1 Å². The van der Waals surface area contributed by atoms with Gasteiger partial charge < -0.3 is 5.11 Å². The molecular weight excluding hydrogens is 488 g/mol. The molecule has 8 fully saturated rings. The lowest BCUT2D eigenvalue weighted by Crippen LogP contribution is -2.58. The Morgan fingerprint density at radius 3 is 2.02 bits per heavy atom. The van der Waals surface area contributed by atoms with Crippen LogP contribution in [0.5, 0.6) is 0 Å². The molecule has 8 saturated carbocycles. The maximum Gasteiger partial charge on any atom is 0.303 e. The lowest BCUT2D eigenvalue weighted by Gasteiger charge is -2.65. The summed E-state index contributed by atoms with van der Waals surface area (Å²) in [4.78, 5) is 11.2. The first-order chi connectivity index (χ1) is 18.8. The molecular formula is C38H64O2. The number of carboxylic acids is 1. The van der Waals surface area contributed by atoms with Crippen molar-refractivity contribution >= 4 is 5.97 Å².